The molecule has 20 heteroatoms. The second-order valence-corrected chi connectivity index (χ2v) is 14.7. The number of hydrogen-bond donors (Lipinski definition) is 3. The summed E-state index contributed by atoms with van der Waals surface area (Å²) >= 11 is 0. The summed E-state index contributed by atoms with van der Waals surface area (Å²) in [6.07, 6.45) is 0.796. The molecule has 0 bridgehead atoms. The van der Waals surface area contributed by atoms with E-state index in [4.69, 9.17) is 0 Å². The molecule has 7 atom stereocenters. The fourth-order valence-corrected chi connectivity index (χ4v) is 7.67. The molecule has 2 rings (SSSR count). The Labute approximate surface area is 475 Å². The van der Waals surface area contributed by atoms with Crippen molar-refractivity contribution in [3.8, 4) is 0 Å². The van der Waals surface area contributed by atoms with E-state index >= 15 is 0 Å². The van der Waals surface area contributed by atoms with E-state index in [1.165, 1.54) is 31.2 Å². The Morgan fingerprint density at radius 2 is 1.00 bits per heavy atom. The molecule has 7 unspecified atom stereocenters. The largest absolute Gasteiger partial charge is 1.00 e. The molecule has 0 aliphatic heterocycles. The first-order chi connectivity index (χ1) is 24.5. The molecule has 15 nitrogen and oxygen atoms in total. The number of amides is 2. The van der Waals surface area contributed by atoms with Crippen molar-refractivity contribution in [3.05, 3.63) is 65.7 Å². The molecule has 64 heavy (non-hydrogen) atoms. The second-order valence-electron chi connectivity index (χ2n) is 12.6. The van der Waals surface area contributed by atoms with E-state index in [-0.39, 0.29) is 208 Å². The standard InChI is InChI=1S/C36H49N3O12S.8CH4.4Na/c1-5-25(23-11-7-6-8-12-23)27(34(44)45)30(36(48)49)28(32(41)37-4)29(35(46)47)26(33(42)43)22(3)31(40)39-18-10-9-17-38-19-20-52(50,51)24-15-13-21(2)14-16-24;;;;;;;;;;;;/h6-8,11-16,22,25-30,38H,5,9-10,17-20H2,1-4H3,(H,37,41)(H,39,40)(H,42,43)(H,44,45)(H,46,47)(H,48,49);8*1H4;;;;/q;;;;;;;;;4*+1/p-4. The summed E-state index contributed by atoms with van der Waals surface area (Å²) in [6.45, 7) is 4.96. The minimum atomic E-state index is -3.49. The zero-order chi connectivity index (χ0) is 39.2. The van der Waals surface area contributed by atoms with Gasteiger partial charge in [-0.25, -0.2) is 8.42 Å². The molecule has 0 saturated carbocycles. The molecule has 2 aromatic carbocycles. The smallest absolute Gasteiger partial charge is 0.550 e. The molecule has 0 fully saturated rings. The molecule has 0 heterocycles. The van der Waals surface area contributed by atoms with Crippen LogP contribution in [0.4, 0.5) is 0 Å². The fraction of sp³-hybridized carbons (Fsp3) is 0.591. The van der Waals surface area contributed by atoms with Crippen LogP contribution in [0, 0.1) is 42.4 Å². The van der Waals surface area contributed by atoms with Gasteiger partial charge in [0, 0.05) is 73.6 Å². The summed E-state index contributed by atoms with van der Waals surface area (Å²) in [6, 6.07) is 14.2. The van der Waals surface area contributed by atoms with Crippen LogP contribution in [0.3, 0.4) is 0 Å². The van der Waals surface area contributed by atoms with E-state index in [1.54, 1.807) is 30.3 Å². The number of rotatable bonds is 23. The summed E-state index contributed by atoms with van der Waals surface area (Å²) in [5.74, 6) is -25.6. The Morgan fingerprint density at radius 1 is 0.578 bits per heavy atom. The maximum Gasteiger partial charge on any atom is 1.00 e. The van der Waals surface area contributed by atoms with Crippen molar-refractivity contribution in [2.24, 2.45) is 35.5 Å². The van der Waals surface area contributed by atoms with Gasteiger partial charge in [0.15, 0.2) is 9.84 Å². The van der Waals surface area contributed by atoms with Crippen molar-refractivity contribution < 1.29 is 176 Å². The van der Waals surface area contributed by atoms with Crippen LogP contribution in [0.15, 0.2) is 59.5 Å². The molecule has 0 aromatic heterocycles. The van der Waals surface area contributed by atoms with Gasteiger partial charge in [0.25, 0.3) is 0 Å². The number of carboxylic acid groups (broad SMARTS) is 4. The quantitative estimate of drug-likeness (QED) is 0.0692. The third kappa shape index (κ3) is 26.6. The summed E-state index contributed by atoms with van der Waals surface area (Å²) < 4.78 is 25.0. The van der Waals surface area contributed by atoms with Gasteiger partial charge in [-0.15, -0.1) is 0 Å². The number of aryl methyl sites for hydroxylation is 1. The first-order valence-corrected chi connectivity index (χ1v) is 18.5. The van der Waals surface area contributed by atoms with Crippen LogP contribution >= 0.6 is 0 Å². The monoisotopic (exact) mass is 963 g/mol. The summed E-state index contributed by atoms with van der Waals surface area (Å²) in [4.78, 5) is 77.1. The van der Waals surface area contributed by atoms with Crippen LogP contribution in [0.1, 0.15) is 110 Å². The second kappa shape index (κ2) is 44.7. The molecule has 2 amide bonds. The number of carbonyl (C=O) groups excluding carboxylic acids is 6. The van der Waals surface area contributed by atoms with Crippen LogP contribution in [0.25, 0.3) is 0 Å². The molecular weight excluding hydrogens is 887 g/mol. The molecule has 2 aromatic rings. The van der Waals surface area contributed by atoms with E-state index in [2.05, 4.69) is 16.0 Å². The van der Waals surface area contributed by atoms with Crippen molar-refractivity contribution >= 4 is 45.5 Å². The van der Waals surface area contributed by atoms with Crippen molar-refractivity contribution in [2.75, 3.05) is 32.4 Å². The molecule has 0 saturated heterocycles. The Balaban J connectivity index is -0.000000260. The Morgan fingerprint density at radius 3 is 1.41 bits per heavy atom. The molecule has 350 valence electrons. The fourth-order valence-electron chi connectivity index (χ4n) is 6.48. The zero-order valence-corrected chi connectivity index (χ0v) is 42.3. The zero-order valence-electron chi connectivity index (χ0n) is 33.5. The number of aliphatic carboxylic acids is 4. The van der Waals surface area contributed by atoms with E-state index in [0.717, 1.165) is 19.5 Å². The predicted octanol–water partition coefficient (Wildman–Crippen LogP) is -9.98. The van der Waals surface area contributed by atoms with E-state index < -0.39 is 87.0 Å². The maximum atomic E-state index is 13.3. The van der Waals surface area contributed by atoms with Crippen LogP contribution in [0.5, 0.6) is 0 Å². The Hall–Kier alpha value is -0.830. The van der Waals surface area contributed by atoms with Gasteiger partial charge in [-0.1, -0.05) is 121 Å². The van der Waals surface area contributed by atoms with Crippen LogP contribution in [0.2, 0.25) is 0 Å². The number of unbranched alkanes of at least 4 members (excludes halogenated alkanes) is 1. The van der Waals surface area contributed by atoms with Gasteiger partial charge < -0.3 is 55.6 Å². The average Bonchev–Trinajstić information content (AvgIpc) is 3.09. The minimum absolute atomic E-state index is 0. The average molecular weight is 964 g/mol. The van der Waals surface area contributed by atoms with Gasteiger partial charge in [-0.2, -0.15) is 0 Å². The molecule has 0 radical (unpaired) electrons. The maximum absolute atomic E-state index is 13.3. The minimum Gasteiger partial charge on any atom is -0.550 e. The predicted molar refractivity (Wildman–Crippen MR) is 232 cm³/mol. The van der Waals surface area contributed by atoms with Gasteiger partial charge in [0.05, 0.1) is 16.6 Å². The third-order valence-electron chi connectivity index (χ3n) is 9.25. The molecule has 3 N–H and O–H groups in total. The van der Waals surface area contributed by atoms with Gasteiger partial charge in [0.2, 0.25) is 11.8 Å². The van der Waals surface area contributed by atoms with Gasteiger partial charge in [0.1, 0.15) is 0 Å². The molecule has 0 aliphatic carbocycles. The summed E-state index contributed by atoms with van der Waals surface area (Å²) in [5.41, 5.74) is 1.26. The van der Waals surface area contributed by atoms with Crippen molar-refractivity contribution in [1.82, 2.24) is 16.0 Å². The van der Waals surface area contributed by atoms with Crippen molar-refractivity contribution in [2.45, 2.75) is 110 Å². The SMILES string of the molecule is C.C.C.C.C.C.C.C.CCC(c1ccccc1)C(C(=O)[O-])C(C(=O)[O-])C(C(=O)NC)C(C(=O)[O-])C(C(=O)[O-])C(C)C(=O)NCCCCNCCS(=O)(=O)c1ccc(C)cc1.[Na+].[Na+].[Na+].[Na+]. The van der Waals surface area contributed by atoms with E-state index in [1.807, 2.05) is 6.92 Å². The molecule has 0 spiro atoms. The normalized spacial score (nSPS) is 12.6. The summed E-state index contributed by atoms with van der Waals surface area (Å²) in [7, 11) is -2.47. The van der Waals surface area contributed by atoms with Gasteiger partial charge in [-0.05, 0) is 56.3 Å². The number of carbonyl (C=O) groups is 6. The van der Waals surface area contributed by atoms with Crippen molar-refractivity contribution in [3.63, 3.8) is 0 Å². The van der Waals surface area contributed by atoms with E-state index in [0.29, 0.717) is 24.9 Å². The molecule has 0 aliphatic rings. The van der Waals surface area contributed by atoms with Gasteiger partial charge in [-0.3, -0.25) is 9.59 Å². The number of nitrogens with one attached hydrogen (secondary N) is 3. The molecular formula is C44H77N3Na4O12S. The first-order valence-electron chi connectivity index (χ1n) is 16.9. The van der Waals surface area contributed by atoms with Crippen LogP contribution in [-0.4, -0.2) is 76.5 Å². The number of carboxylic acids is 4. The summed E-state index contributed by atoms with van der Waals surface area (Å²) in [5, 5.41) is 58.0. The number of hydrogen-bond acceptors (Lipinski definition) is 13. The number of benzene rings is 2. The van der Waals surface area contributed by atoms with Gasteiger partial charge >= 0.3 is 118 Å². The van der Waals surface area contributed by atoms with Crippen molar-refractivity contribution in [1.29, 1.82) is 0 Å². The van der Waals surface area contributed by atoms with Crippen LogP contribution in [-0.2, 0) is 38.6 Å². The third-order valence-corrected chi connectivity index (χ3v) is 11.0. The van der Waals surface area contributed by atoms with E-state index in [9.17, 15) is 57.6 Å². The number of sulfone groups is 1. The Bertz CT molecular complexity index is 1680. The topological polar surface area (TPSA) is 265 Å². The Kier molecular flexibility index (Phi) is 62.6. The first kappa shape index (κ1) is 89.7. The van der Waals surface area contributed by atoms with Crippen LogP contribution < -0.4 is 155 Å².